The molecule has 2 heterocycles. The van der Waals surface area contributed by atoms with Gasteiger partial charge in [0.25, 0.3) is 5.56 Å². The molecule has 1 unspecified atom stereocenters. The smallest absolute Gasteiger partial charge is 0.313 e. The number of aryl methyl sites for hydroxylation is 2. The predicted molar refractivity (Wildman–Crippen MR) is 100.0 cm³/mol. The lowest BCUT2D eigenvalue weighted by Gasteiger charge is -2.11. The molecule has 134 valence electrons. The molecule has 2 aromatic heterocycles. The lowest BCUT2D eigenvalue weighted by atomic mass is 10.1. The molecule has 0 aliphatic carbocycles. The number of unbranched alkanes of at least 4 members (excludes halogenated alkanes) is 4. The number of hydrogen-bond donors (Lipinski definition) is 1. The van der Waals surface area contributed by atoms with Gasteiger partial charge in [0.1, 0.15) is 0 Å². The average molecular weight is 353 g/mol. The fourth-order valence-corrected chi connectivity index (χ4v) is 3.62. The lowest BCUT2D eigenvalue weighted by molar-refractivity contribution is 0.551. The van der Waals surface area contributed by atoms with E-state index in [0.29, 0.717) is 16.4 Å². The number of nitrogens with one attached hydrogen (secondary N) is 1. The average Bonchev–Trinajstić information content (AvgIpc) is 2.91. The van der Waals surface area contributed by atoms with Crippen molar-refractivity contribution in [2.45, 2.75) is 76.2 Å². The number of fused-ring (bicyclic) bond motifs is 1. The van der Waals surface area contributed by atoms with E-state index in [-0.39, 0.29) is 5.56 Å². The second-order valence-corrected chi connectivity index (χ2v) is 7.69. The van der Waals surface area contributed by atoms with Gasteiger partial charge in [-0.15, -0.1) is 0 Å². The molecule has 2 aromatic rings. The largest absolute Gasteiger partial charge is 0.329 e. The van der Waals surface area contributed by atoms with Gasteiger partial charge in [0.15, 0.2) is 16.3 Å². The van der Waals surface area contributed by atoms with E-state index in [1.807, 2.05) is 4.57 Å². The van der Waals surface area contributed by atoms with Crippen molar-refractivity contribution in [3.05, 3.63) is 20.8 Å². The molecule has 0 fully saturated rings. The summed E-state index contributed by atoms with van der Waals surface area (Å²) in [5.41, 5.74) is 0.229. The lowest BCUT2D eigenvalue weighted by Crippen LogP contribution is -2.29. The van der Waals surface area contributed by atoms with Crippen LogP contribution >= 0.6 is 11.8 Å². The number of rotatable bonds is 9. The van der Waals surface area contributed by atoms with E-state index in [1.54, 1.807) is 18.8 Å². The summed E-state index contributed by atoms with van der Waals surface area (Å²) in [5, 5.41) is 1.25. The van der Waals surface area contributed by atoms with Crippen molar-refractivity contribution in [3.8, 4) is 0 Å². The highest BCUT2D eigenvalue weighted by molar-refractivity contribution is 7.99. The summed E-state index contributed by atoms with van der Waals surface area (Å²) in [7, 11) is 1.65. The quantitative estimate of drug-likeness (QED) is 0.555. The topological polar surface area (TPSA) is 72.7 Å². The molecule has 2 rings (SSSR count). The SMILES string of the molecule is CCCCCCCn1c(SC(C)CC)nc2c1c(=O)[nH]c(=O)n2C. The first kappa shape index (κ1) is 18.8. The molecule has 0 radical (unpaired) electrons. The van der Waals surface area contributed by atoms with Gasteiger partial charge in [-0.3, -0.25) is 14.3 Å². The summed E-state index contributed by atoms with van der Waals surface area (Å²) in [5.74, 6) is 0. The molecule has 24 heavy (non-hydrogen) atoms. The van der Waals surface area contributed by atoms with E-state index in [4.69, 9.17) is 0 Å². The van der Waals surface area contributed by atoms with Crippen LogP contribution < -0.4 is 11.2 Å². The van der Waals surface area contributed by atoms with Crippen LogP contribution in [0.5, 0.6) is 0 Å². The zero-order chi connectivity index (χ0) is 17.7. The van der Waals surface area contributed by atoms with Gasteiger partial charge < -0.3 is 4.57 Å². The first-order valence-corrected chi connectivity index (χ1v) is 9.73. The minimum atomic E-state index is -0.416. The molecule has 0 saturated heterocycles. The molecule has 0 aliphatic rings. The van der Waals surface area contributed by atoms with Crippen molar-refractivity contribution in [2.24, 2.45) is 7.05 Å². The molecule has 0 saturated carbocycles. The van der Waals surface area contributed by atoms with Crippen LogP contribution in [0.4, 0.5) is 0 Å². The van der Waals surface area contributed by atoms with Gasteiger partial charge in [-0.05, 0) is 12.8 Å². The Morgan fingerprint density at radius 1 is 1.17 bits per heavy atom. The van der Waals surface area contributed by atoms with Crippen molar-refractivity contribution >= 4 is 22.9 Å². The first-order valence-electron chi connectivity index (χ1n) is 8.85. The number of thioether (sulfide) groups is 1. The van der Waals surface area contributed by atoms with Crippen LogP contribution in [0.2, 0.25) is 0 Å². The summed E-state index contributed by atoms with van der Waals surface area (Å²) in [6, 6.07) is 0. The monoisotopic (exact) mass is 352 g/mol. The standard InChI is InChI=1S/C17H28N4O2S/c1-5-7-8-9-10-11-21-13-14(18-17(21)24-12(3)6-2)20(4)16(23)19-15(13)22/h12H,5-11H2,1-4H3,(H,19,22,23). The van der Waals surface area contributed by atoms with Gasteiger partial charge >= 0.3 is 5.69 Å². The number of hydrogen-bond acceptors (Lipinski definition) is 4. The van der Waals surface area contributed by atoms with Crippen LogP contribution in [0.25, 0.3) is 11.2 Å². The van der Waals surface area contributed by atoms with Crippen molar-refractivity contribution in [3.63, 3.8) is 0 Å². The Balaban J connectivity index is 2.40. The van der Waals surface area contributed by atoms with Gasteiger partial charge in [0.2, 0.25) is 0 Å². The van der Waals surface area contributed by atoms with Crippen molar-refractivity contribution in [2.75, 3.05) is 0 Å². The Morgan fingerprint density at radius 2 is 1.88 bits per heavy atom. The molecule has 6 nitrogen and oxygen atoms in total. The minimum absolute atomic E-state index is 0.342. The maximum absolute atomic E-state index is 12.3. The maximum Gasteiger partial charge on any atom is 0.329 e. The van der Waals surface area contributed by atoms with E-state index >= 15 is 0 Å². The number of aromatic nitrogens is 4. The third-order valence-corrected chi connectivity index (χ3v) is 5.60. The fraction of sp³-hybridized carbons (Fsp3) is 0.706. The third kappa shape index (κ3) is 4.12. The van der Waals surface area contributed by atoms with E-state index in [2.05, 4.69) is 30.7 Å². The molecule has 1 N–H and O–H groups in total. The Bertz CT molecular complexity index is 790. The Hall–Kier alpha value is -1.50. The van der Waals surface area contributed by atoms with Crippen LogP contribution in [0.3, 0.4) is 0 Å². The molecule has 0 bridgehead atoms. The molecule has 0 aromatic carbocycles. The Kier molecular flexibility index (Phi) is 6.71. The zero-order valence-electron chi connectivity index (χ0n) is 15.1. The van der Waals surface area contributed by atoms with Crippen LogP contribution in [0, 0.1) is 0 Å². The van der Waals surface area contributed by atoms with Crippen LogP contribution in [-0.2, 0) is 13.6 Å². The Morgan fingerprint density at radius 3 is 2.54 bits per heavy atom. The summed E-state index contributed by atoms with van der Waals surface area (Å²) in [4.78, 5) is 31.2. The van der Waals surface area contributed by atoms with Crippen molar-refractivity contribution in [1.29, 1.82) is 0 Å². The van der Waals surface area contributed by atoms with Gasteiger partial charge in [-0.2, -0.15) is 0 Å². The summed E-state index contributed by atoms with van der Waals surface area (Å²) < 4.78 is 3.42. The van der Waals surface area contributed by atoms with E-state index in [9.17, 15) is 9.59 Å². The van der Waals surface area contributed by atoms with Gasteiger partial charge in [0.05, 0.1) is 0 Å². The van der Waals surface area contributed by atoms with Crippen LogP contribution in [0.1, 0.15) is 59.3 Å². The predicted octanol–water partition coefficient (Wildman–Crippen LogP) is 3.28. The minimum Gasteiger partial charge on any atom is -0.313 e. The van der Waals surface area contributed by atoms with Crippen LogP contribution in [0.15, 0.2) is 14.7 Å². The number of H-pyrrole nitrogens is 1. The summed E-state index contributed by atoms with van der Waals surface area (Å²) in [6.45, 7) is 7.25. The normalized spacial score (nSPS) is 12.8. The maximum atomic E-state index is 12.3. The van der Waals surface area contributed by atoms with E-state index in [1.165, 1.54) is 23.8 Å². The highest BCUT2D eigenvalue weighted by Gasteiger charge is 2.18. The number of aromatic amines is 1. The van der Waals surface area contributed by atoms with Crippen molar-refractivity contribution < 1.29 is 0 Å². The zero-order valence-corrected chi connectivity index (χ0v) is 15.9. The molecule has 7 heteroatoms. The molecular weight excluding hydrogens is 324 g/mol. The fourth-order valence-electron chi connectivity index (χ4n) is 2.65. The Labute approximate surface area is 146 Å². The van der Waals surface area contributed by atoms with Crippen LogP contribution in [-0.4, -0.2) is 24.4 Å². The molecule has 0 amide bonds. The van der Waals surface area contributed by atoms with Gasteiger partial charge in [0, 0.05) is 18.8 Å². The summed E-state index contributed by atoms with van der Waals surface area (Å²) >= 11 is 1.67. The van der Waals surface area contributed by atoms with Gasteiger partial charge in [-0.1, -0.05) is 58.2 Å². The summed E-state index contributed by atoms with van der Waals surface area (Å²) in [6.07, 6.45) is 6.86. The number of nitrogens with zero attached hydrogens (tertiary/aromatic N) is 3. The molecular formula is C17H28N4O2S. The highest BCUT2D eigenvalue weighted by Crippen LogP contribution is 2.27. The second kappa shape index (κ2) is 8.55. The van der Waals surface area contributed by atoms with E-state index < -0.39 is 5.69 Å². The second-order valence-electron chi connectivity index (χ2n) is 6.29. The highest BCUT2D eigenvalue weighted by atomic mass is 32.2. The first-order chi connectivity index (χ1) is 11.5. The van der Waals surface area contributed by atoms with E-state index in [0.717, 1.165) is 31.0 Å². The molecule has 0 spiro atoms. The third-order valence-electron chi connectivity index (χ3n) is 4.34. The molecule has 0 aliphatic heterocycles. The van der Waals surface area contributed by atoms with Gasteiger partial charge in [-0.25, -0.2) is 9.78 Å². The molecule has 1 atom stereocenters. The van der Waals surface area contributed by atoms with Crippen molar-refractivity contribution in [1.82, 2.24) is 19.1 Å². The number of imidazole rings is 1.